The Morgan fingerprint density at radius 2 is 2.02 bits per heavy atom. The number of nitrogens with zero attached hydrogens (tertiary/aromatic N) is 7. The molecule has 0 bridgehead atoms. The van der Waals surface area contributed by atoms with Gasteiger partial charge in [0.25, 0.3) is 6.43 Å². The molecule has 0 spiro atoms. The summed E-state index contributed by atoms with van der Waals surface area (Å²) in [4.78, 5) is 29.0. The Kier molecular flexibility index (Phi) is 7.67. The van der Waals surface area contributed by atoms with Crippen molar-refractivity contribution in [1.29, 1.82) is 5.26 Å². The number of rotatable bonds is 9. The van der Waals surface area contributed by atoms with E-state index in [4.69, 9.17) is 16.3 Å². The summed E-state index contributed by atoms with van der Waals surface area (Å²) in [7, 11) is 2.96. The van der Waals surface area contributed by atoms with E-state index < -0.39 is 12.2 Å². The first-order chi connectivity index (χ1) is 20.2. The van der Waals surface area contributed by atoms with Crippen LogP contribution in [0.3, 0.4) is 0 Å². The quantitative estimate of drug-likeness (QED) is 0.0848. The molecule has 5 rings (SSSR count). The van der Waals surface area contributed by atoms with Crippen LogP contribution >= 0.6 is 0 Å². The smallest absolute Gasteiger partial charge is 0.295 e. The molecule has 4 heterocycles. The van der Waals surface area contributed by atoms with E-state index in [2.05, 4.69) is 35.7 Å². The number of imidazole rings is 1. The molecule has 0 radical (unpaired) electrons. The molecule has 1 amide bonds. The molecule has 1 fully saturated rings. The number of para-hydroxylation sites is 1. The average Bonchev–Trinajstić information content (AvgIpc) is 3.59. The number of hydrogen-bond acceptors (Lipinski definition) is 11. The van der Waals surface area contributed by atoms with Crippen LogP contribution in [0.15, 0.2) is 41.5 Å². The number of amidine groups is 1. The summed E-state index contributed by atoms with van der Waals surface area (Å²) in [6, 6.07) is 11.9. The molecule has 1 saturated heterocycles. The number of ether oxygens (including phenoxy) is 1. The summed E-state index contributed by atoms with van der Waals surface area (Å²) in [5.74, 6) is 5.81. The fourth-order valence-corrected chi connectivity index (χ4v) is 4.55. The number of nitriles is 1. The number of amides is 1. The van der Waals surface area contributed by atoms with Crippen LogP contribution < -0.4 is 31.8 Å². The van der Waals surface area contributed by atoms with Gasteiger partial charge in [-0.2, -0.15) is 5.26 Å². The van der Waals surface area contributed by atoms with Gasteiger partial charge in [0.1, 0.15) is 23.2 Å². The number of methoxy groups -OCH3 is 1. The van der Waals surface area contributed by atoms with Crippen molar-refractivity contribution in [2.45, 2.75) is 19.3 Å². The van der Waals surface area contributed by atoms with Gasteiger partial charge in [-0.05, 0) is 30.7 Å². The van der Waals surface area contributed by atoms with Gasteiger partial charge in [0.2, 0.25) is 5.91 Å². The molecule has 0 aliphatic carbocycles. The van der Waals surface area contributed by atoms with E-state index in [-0.39, 0.29) is 40.2 Å². The lowest BCUT2D eigenvalue weighted by atomic mass is 10.1. The van der Waals surface area contributed by atoms with Gasteiger partial charge >= 0.3 is 0 Å². The Morgan fingerprint density at radius 3 is 2.69 bits per heavy atom. The van der Waals surface area contributed by atoms with Crippen molar-refractivity contribution in [2.24, 2.45) is 16.7 Å². The molecular formula is C26H26F2N12O2. The van der Waals surface area contributed by atoms with Crippen LogP contribution in [0.5, 0.6) is 5.75 Å². The molecule has 3 aromatic heterocycles. The predicted octanol–water partition coefficient (Wildman–Crippen LogP) is 3.21. The minimum atomic E-state index is -2.87. The number of aromatic nitrogens is 4. The summed E-state index contributed by atoms with van der Waals surface area (Å²) in [5.41, 5.74) is 7.97. The number of hydrazone groups is 1. The van der Waals surface area contributed by atoms with Gasteiger partial charge in [-0.1, -0.05) is 6.07 Å². The summed E-state index contributed by atoms with van der Waals surface area (Å²) < 4.78 is 32.7. The average molecular weight is 577 g/mol. The molecule has 4 aromatic rings. The lowest BCUT2D eigenvalue weighted by Gasteiger charge is -2.18. The van der Waals surface area contributed by atoms with Gasteiger partial charge in [0.15, 0.2) is 28.8 Å². The van der Waals surface area contributed by atoms with Gasteiger partial charge in [-0.3, -0.25) is 4.79 Å². The Labute approximate surface area is 238 Å². The van der Waals surface area contributed by atoms with Gasteiger partial charge in [0.05, 0.1) is 29.7 Å². The Hall–Kier alpha value is -5.56. The van der Waals surface area contributed by atoms with Crippen LogP contribution in [-0.4, -0.2) is 57.5 Å². The monoisotopic (exact) mass is 576 g/mol. The van der Waals surface area contributed by atoms with Crippen LogP contribution in [0.2, 0.25) is 0 Å². The fraction of sp³-hybridized carbons (Fsp3) is 0.231. The topological polar surface area (TPSA) is 199 Å². The molecule has 216 valence electrons. The molecule has 1 aromatic carbocycles. The van der Waals surface area contributed by atoms with E-state index in [0.717, 1.165) is 5.12 Å². The number of benzene rings is 1. The second-order valence-corrected chi connectivity index (χ2v) is 9.20. The number of anilines is 5. The van der Waals surface area contributed by atoms with Crippen LogP contribution in [0.4, 0.5) is 37.5 Å². The second kappa shape index (κ2) is 11.5. The first-order valence-corrected chi connectivity index (χ1v) is 12.6. The number of aromatic amines is 1. The van der Waals surface area contributed by atoms with Gasteiger partial charge in [-0.15, -0.1) is 5.10 Å². The minimum absolute atomic E-state index is 0.00135. The van der Waals surface area contributed by atoms with Crippen LogP contribution in [0, 0.1) is 11.3 Å². The van der Waals surface area contributed by atoms with E-state index in [1.54, 1.807) is 36.4 Å². The third-order valence-corrected chi connectivity index (χ3v) is 6.32. The van der Waals surface area contributed by atoms with Crippen molar-refractivity contribution in [3.8, 4) is 11.8 Å². The summed E-state index contributed by atoms with van der Waals surface area (Å²) >= 11 is 0. The van der Waals surface area contributed by atoms with Crippen molar-refractivity contribution in [3.63, 3.8) is 0 Å². The highest BCUT2D eigenvalue weighted by Crippen LogP contribution is 2.35. The SMILES string of the molecule is COc1c(Nc2cc(Nc3ccc(N4CCCC4=O)c(C#N)n3)nc3nc(C(F)F)[nH]c23)cccc1/C(N)=N/N(C)N. The number of halogens is 2. The van der Waals surface area contributed by atoms with Crippen molar-refractivity contribution < 1.29 is 18.3 Å². The number of H-pyrrole nitrogens is 1. The number of nitrogens with two attached hydrogens (primary N) is 2. The number of carbonyl (C=O) groups is 1. The largest absolute Gasteiger partial charge is 0.494 e. The molecule has 1 aliphatic rings. The lowest BCUT2D eigenvalue weighted by Crippen LogP contribution is -2.26. The highest BCUT2D eigenvalue weighted by Gasteiger charge is 2.25. The third-order valence-electron chi connectivity index (χ3n) is 6.32. The second-order valence-electron chi connectivity index (χ2n) is 9.20. The zero-order valence-electron chi connectivity index (χ0n) is 22.5. The van der Waals surface area contributed by atoms with Crippen LogP contribution in [0.1, 0.15) is 36.3 Å². The van der Waals surface area contributed by atoms with E-state index in [1.165, 1.54) is 19.1 Å². The molecule has 0 saturated carbocycles. The zero-order chi connectivity index (χ0) is 30.0. The molecular weight excluding hydrogens is 550 g/mol. The Morgan fingerprint density at radius 1 is 1.21 bits per heavy atom. The number of alkyl halides is 2. The highest BCUT2D eigenvalue weighted by atomic mass is 19.3. The number of fused-ring (bicyclic) bond motifs is 1. The number of pyridine rings is 2. The molecule has 0 atom stereocenters. The number of hydrogen-bond donors (Lipinski definition) is 5. The van der Waals surface area contributed by atoms with Crippen molar-refractivity contribution >= 4 is 51.6 Å². The van der Waals surface area contributed by atoms with Crippen molar-refractivity contribution in [3.05, 3.63) is 53.5 Å². The molecule has 14 nitrogen and oxygen atoms in total. The first-order valence-electron chi connectivity index (χ1n) is 12.6. The summed E-state index contributed by atoms with van der Waals surface area (Å²) in [6.45, 7) is 0.506. The Bertz CT molecular complexity index is 1730. The highest BCUT2D eigenvalue weighted by molar-refractivity contribution is 6.02. The van der Waals surface area contributed by atoms with Gasteiger partial charge in [0, 0.05) is 26.1 Å². The van der Waals surface area contributed by atoms with Gasteiger partial charge in [-0.25, -0.2) is 34.7 Å². The maximum atomic E-state index is 13.6. The summed E-state index contributed by atoms with van der Waals surface area (Å²) in [5, 5.41) is 20.9. The lowest BCUT2D eigenvalue weighted by molar-refractivity contribution is -0.117. The van der Waals surface area contributed by atoms with E-state index in [0.29, 0.717) is 47.8 Å². The van der Waals surface area contributed by atoms with E-state index >= 15 is 0 Å². The number of carbonyl (C=O) groups excluding carboxylic acids is 1. The van der Waals surface area contributed by atoms with Crippen LogP contribution in [0.25, 0.3) is 11.2 Å². The van der Waals surface area contributed by atoms with Crippen LogP contribution in [-0.2, 0) is 4.79 Å². The van der Waals surface area contributed by atoms with Crippen molar-refractivity contribution in [1.82, 2.24) is 25.1 Å². The normalized spacial score (nSPS) is 13.5. The maximum absolute atomic E-state index is 13.6. The van der Waals surface area contributed by atoms with E-state index in [9.17, 15) is 18.8 Å². The summed E-state index contributed by atoms with van der Waals surface area (Å²) in [6.07, 6.45) is -1.76. The first kappa shape index (κ1) is 28.0. The molecule has 42 heavy (non-hydrogen) atoms. The Balaban J connectivity index is 1.54. The minimum Gasteiger partial charge on any atom is -0.494 e. The molecule has 16 heteroatoms. The standard InChI is InChI=1S/C26H26F2N12O2/c1-39(31)38-24(30)13-5-3-6-14(22(13)42-2)32-15-11-19(35-25-21(15)36-26(37-25)23(27)28)34-18-9-8-17(16(12-29)33-18)40-10-4-7-20(40)41/h3,5-6,8-9,11,23H,4,7,10,31H2,1-2H3,(H2,30,38)(H3,32,33,34,35,36,37). The number of nitrogens with one attached hydrogen (secondary N) is 3. The third kappa shape index (κ3) is 5.53. The van der Waals surface area contributed by atoms with Crippen molar-refractivity contribution in [2.75, 3.05) is 36.2 Å². The van der Waals surface area contributed by atoms with E-state index in [1.807, 2.05) is 6.07 Å². The predicted molar refractivity (Wildman–Crippen MR) is 152 cm³/mol. The molecule has 0 unspecified atom stereocenters. The fourth-order valence-electron chi connectivity index (χ4n) is 4.55. The molecule has 7 N–H and O–H groups in total. The zero-order valence-corrected chi connectivity index (χ0v) is 22.5. The van der Waals surface area contributed by atoms with Gasteiger partial charge < -0.3 is 31.0 Å². The molecule has 1 aliphatic heterocycles. The number of hydrazine groups is 1. The maximum Gasteiger partial charge on any atom is 0.295 e.